The number of nitrogens with zero attached hydrogens (tertiary/aromatic N) is 1. The maximum Gasteiger partial charge on any atom is 0.321 e. The number of fused-ring (bicyclic) bond motifs is 7. The highest BCUT2D eigenvalue weighted by Gasteiger charge is 2.77. The first-order valence-corrected chi connectivity index (χ1v) is 19.4. The van der Waals surface area contributed by atoms with E-state index in [1.165, 1.54) is 6.92 Å². The Morgan fingerprint density at radius 2 is 1.73 bits per heavy atom. The summed E-state index contributed by atoms with van der Waals surface area (Å²) >= 11 is 12.0. The highest BCUT2D eigenvalue weighted by molar-refractivity contribution is 6.18. The second-order valence-electron chi connectivity index (χ2n) is 16.7. The number of aliphatic hydroxyl groups excluding tert-OH is 1. The number of rotatable bonds is 11. The highest BCUT2D eigenvalue weighted by Crippen LogP contribution is 2.71. The van der Waals surface area contributed by atoms with Crippen LogP contribution in [0.1, 0.15) is 86.1 Å². The minimum Gasteiger partial charge on any atom is -0.458 e. The Hall–Kier alpha value is -2.50. The molecule has 286 valence electrons. The van der Waals surface area contributed by atoms with E-state index in [4.69, 9.17) is 42.1 Å². The van der Waals surface area contributed by atoms with Gasteiger partial charge >= 0.3 is 11.9 Å². The molecule has 12 heteroatoms. The SMILES string of the molecule is CC(=O)OCC(=O)[C@@]12OC(C)(C)OC1C[C@H]1[C@@H]3CC(F)=C4C=C(OC(=O)C(C)(C)c5ccc(N(CCCl)CCCl)cc5)CC[C@]4(C)[C@H]3[C@@H](O)C[C@@]12C. The number of anilines is 1. The van der Waals surface area contributed by atoms with Gasteiger partial charge in [-0.2, -0.15) is 0 Å². The summed E-state index contributed by atoms with van der Waals surface area (Å²) in [6.07, 6.45) is 1.77. The minimum absolute atomic E-state index is 0.0667. The van der Waals surface area contributed by atoms with E-state index in [1.807, 2.05) is 52.0 Å². The zero-order chi connectivity index (χ0) is 38.0. The van der Waals surface area contributed by atoms with E-state index in [-0.39, 0.29) is 36.4 Å². The van der Waals surface area contributed by atoms with Gasteiger partial charge in [0.15, 0.2) is 18.0 Å². The Labute approximate surface area is 316 Å². The molecule has 0 amide bonds. The average Bonchev–Trinajstić information content (AvgIpc) is 3.49. The third-order valence-corrected chi connectivity index (χ3v) is 13.3. The van der Waals surface area contributed by atoms with Crippen molar-refractivity contribution >= 4 is 46.6 Å². The summed E-state index contributed by atoms with van der Waals surface area (Å²) < 4.78 is 40.6. The summed E-state index contributed by atoms with van der Waals surface area (Å²) in [6, 6.07) is 7.70. The number of carbonyl (C=O) groups is 3. The number of benzene rings is 1. The number of Topliss-reactive ketones (excluding diaryl/α,β-unsaturated/α-hetero) is 1. The molecule has 0 aromatic heterocycles. The van der Waals surface area contributed by atoms with Crippen molar-refractivity contribution in [2.75, 3.05) is 36.4 Å². The Morgan fingerprint density at radius 3 is 2.35 bits per heavy atom. The third-order valence-electron chi connectivity index (χ3n) is 12.9. The first-order valence-electron chi connectivity index (χ1n) is 18.4. The van der Waals surface area contributed by atoms with Crippen molar-refractivity contribution in [1.29, 1.82) is 0 Å². The van der Waals surface area contributed by atoms with Crippen molar-refractivity contribution in [1.82, 2.24) is 0 Å². The number of ether oxygens (including phenoxy) is 4. The van der Waals surface area contributed by atoms with Gasteiger partial charge in [0.2, 0.25) is 5.78 Å². The molecule has 1 unspecified atom stereocenters. The molecule has 2 saturated carbocycles. The maximum absolute atomic E-state index is 16.5. The lowest BCUT2D eigenvalue weighted by atomic mass is 9.46. The Bertz CT molecular complexity index is 1650. The van der Waals surface area contributed by atoms with Crippen LogP contribution in [0.25, 0.3) is 0 Å². The Balaban J connectivity index is 1.25. The molecule has 1 aliphatic heterocycles. The van der Waals surface area contributed by atoms with Gasteiger partial charge in [-0.15, -0.1) is 23.2 Å². The van der Waals surface area contributed by atoms with Crippen LogP contribution in [0, 0.1) is 28.6 Å². The van der Waals surface area contributed by atoms with Gasteiger partial charge in [-0.3, -0.25) is 14.4 Å². The van der Waals surface area contributed by atoms with Crippen LogP contribution in [0.2, 0.25) is 0 Å². The summed E-state index contributed by atoms with van der Waals surface area (Å²) in [5.74, 6) is -2.30. The fraction of sp³-hybridized carbons (Fsp3) is 0.675. The fourth-order valence-electron chi connectivity index (χ4n) is 10.5. The van der Waals surface area contributed by atoms with E-state index < -0.39 is 64.2 Å². The molecule has 1 N–H and O–H groups in total. The monoisotopic (exact) mass is 763 g/mol. The zero-order valence-electron chi connectivity index (χ0n) is 31.2. The first kappa shape index (κ1) is 39.2. The molecule has 3 fully saturated rings. The van der Waals surface area contributed by atoms with E-state index in [9.17, 15) is 19.5 Å². The van der Waals surface area contributed by atoms with Gasteiger partial charge in [-0.1, -0.05) is 26.0 Å². The maximum atomic E-state index is 16.5. The van der Waals surface area contributed by atoms with Crippen molar-refractivity contribution in [3.8, 4) is 0 Å². The molecule has 1 aromatic carbocycles. The molecular formula is C40H52Cl2FNO8. The van der Waals surface area contributed by atoms with Crippen LogP contribution in [0.5, 0.6) is 0 Å². The molecule has 0 radical (unpaired) electrons. The summed E-state index contributed by atoms with van der Waals surface area (Å²) in [5.41, 5.74) is -1.89. The molecular weight excluding hydrogens is 712 g/mol. The van der Waals surface area contributed by atoms with Gasteiger partial charge in [0.05, 0.1) is 17.6 Å². The lowest BCUT2D eigenvalue weighted by Crippen LogP contribution is -2.64. The molecule has 1 heterocycles. The number of ketones is 1. The van der Waals surface area contributed by atoms with Gasteiger partial charge in [0.25, 0.3) is 0 Å². The number of esters is 2. The van der Waals surface area contributed by atoms with E-state index in [0.29, 0.717) is 55.4 Å². The van der Waals surface area contributed by atoms with Crippen LogP contribution in [0.15, 0.2) is 47.5 Å². The molecule has 1 saturated heterocycles. The number of carbonyl (C=O) groups excluding carboxylic acids is 3. The lowest BCUT2D eigenvalue weighted by Gasteiger charge is -2.60. The summed E-state index contributed by atoms with van der Waals surface area (Å²) in [7, 11) is 0. The predicted molar refractivity (Wildman–Crippen MR) is 196 cm³/mol. The van der Waals surface area contributed by atoms with Crippen molar-refractivity contribution in [3.63, 3.8) is 0 Å². The number of halogens is 3. The van der Waals surface area contributed by atoms with Crippen LogP contribution in [-0.4, -0.2) is 77.9 Å². The summed E-state index contributed by atoms with van der Waals surface area (Å²) in [6.45, 7) is 13.1. The minimum atomic E-state index is -1.46. The second kappa shape index (κ2) is 14.0. The number of aliphatic hydroxyl groups is 1. The molecule has 8 atom stereocenters. The predicted octanol–water partition coefficient (Wildman–Crippen LogP) is 7.15. The van der Waals surface area contributed by atoms with Gasteiger partial charge in [0, 0.05) is 61.1 Å². The molecule has 6 rings (SSSR count). The second-order valence-corrected chi connectivity index (χ2v) is 17.5. The highest BCUT2D eigenvalue weighted by atomic mass is 35.5. The molecule has 5 aliphatic rings. The van der Waals surface area contributed by atoms with Crippen molar-refractivity contribution in [2.45, 2.75) is 110 Å². The molecule has 9 nitrogen and oxygen atoms in total. The van der Waals surface area contributed by atoms with Crippen LogP contribution >= 0.6 is 23.2 Å². The topological polar surface area (TPSA) is 112 Å². The number of allylic oxidation sites excluding steroid dienone is 4. The van der Waals surface area contributed by atoms with Crippen LogP contribution < -0.4 is 4.90 Å². The molecule has 52 heavy (non-hydrogen) atoms. The van der Waals surface area contributed by atoms with Crippen LogP contribution in [0.4, 0.5) is 10.1 Å². The average molecular weight is 765 g/mol. The molecule has 0 bridgehead atoms. The third kappa shape index (κ3) is 6.32. The first-order chi connectivity index (χ1) is 24.3. The van der Waals surface area contributed by atoms with E-state index in [2.05, 4.69) is 4.90 Å². The van der Waals surface area contributed by atoms with Gasteiger partial charge in [-0.05, 0) is 94.1 Å². The number of hydrogen-bond donors (Lipinski definition) is 1. The van der Waals surface area contributed by atoms with E-state index in [0.717, 1.165) is 11.3 Å². The van der Waals surface area contributed by atoms with Gasteiger partial charge in [0.1, 0.15) is 11.6 Å². The normalized spacial score (nSPS) is 34.8. The molecule has 1 aromatic rings. The van der Waals surface area contributed by atoms with E-state index >= 15 is 4.39 Å². The fourth-order valence-corrected chi connectivity index (χ4v) is 10.9. The summed E-state index contributed by atoms with van der Waals surface area (Å²) in [5, 5.41) is 12.1. The quantitative estimate of drug-likeness (QED) is 0.186. The molecule has 4 aliphatic carbocycles. The van der Waals surface area contributed by atoms with E-state index in [1.54, 1.807) is 19.9 Å². The standard InChI is InChI=1S/C40H52Cl2FNO8/c1-23(45)49-22-32(47)40-33(51-37(4,5)52-40)20-28-27-19-30(43)29-18-26(12-13-38(29,6)34(27)31(46)21-39(28,40)7)50-35(48)36(2,3)24-8-10-25(11-9-24)44(16-14-41)17-15-42/h8-11,18,27-28,31,33-34,46H,12-17,19-22H2,1-7H3/t27-,28-,31-,33?,34+,38-,39-,40+/m0/s1. The smallest absolute Gasteiger partial charge is 0.321 e. The zero-order valence-corrected chi connectivity index (χ0v) is 32.7. The van der Waals surface area contributed by atoms with Crippen molar-refractivity contribution in [2.24, 2.45) is 28.6 Å². The van der Waals surface area contributed by atoms with Gasteiger partial charge < -0.3 is 29.0 Å². The Morgan fingerprint density at radius 1 is 1.08 bits per heavy atom. The van der Waals surface area contributed by atoms with Gasteiger partial charge in [-0.25, -0.2) is 4.39 Å². The largest absolute Gasteiger partial charge is 0.458 e. The Kier molecular flexibility index (Phi) is 10.5. The number of hydrogen-bond acceptors (Lipinski definition) is 9. The summed E-state index contributed by atoms with van der Waals surface area (Å²) in [4.78, 5) is 41.4. The lowest BCUT2D eigenvalue weighted by molar-refractivity contribution is -0.226. The van der Waals surface area contributed by atoms with Crippen LogP contribution in [-0.2, 0) is 38.7 Å². The van der Waals surface area contributed by atoms with Crippen LogP contribution in [0.3, 0.4) is 0 Å². The molecule has 0 spiro atoms. The van der Waals surface area contributed by atoms with Crippen molar-refractivity contribution in [3.05, 3.63) is 53.1 Å². The van der Waals surface area contributed by atoms with Crippen molar-refractivity contribution < 1.29 is 42.8 Å². The number of alkyl halides is 2.